The molecule has 3 heterocycles. The number of thiophene rings is 1. The Morgan fingerprint density at radius 1 is 1.47 bits per heavy atom. The lowest BCUT2D eigenvalue weighted by Gasteiger charge is -2.28. The molecule has 0 saturated heterocycles. The van der Waals surface area contributed by atoms with Crippen LogP contribution in [0.3, 0.4) is 0 Å². The average molecular weight is 234 g/mol. The molecule has 0 fully saturated rings. The van der Waals surface area contributed by atoms with E-state index in [9.17, 15) is 0 Å². The number of fused-ring (bicyclic) bond motifs is 1. The van der Waals surface area contributed by atoms with Crippen LogP contribution in [0, 0.1) is 0 Å². The molecule has 4 heteroatoms. The van der Waals surface area contributed by atoms with Crippen LogP contribution in [0.5, 0.6) is 0 Å². The summed E-state index contributed by atoms with van der Waals surface area (Å²) in [7, 11) is 0. The van der Waals surface area contributed by atoms with Crippen molar-refractivity contribution < 1.29 is 0 Å². The minimum atomic E-state index is 0.337. The summed E-state index contributed by atoms with van der Waals surface area (Å²) < 4.78 is 0. The maximum Gasteiger partial charge on any atom is 0.173 e. The molecule has 3 rings (SSSR count). The molecule has 1 aromatic rings. The molecule has 15 heavy (non-hydrogen) atoms. The maximum absolute atomic E-state index is 4.51. The monoisotopic (exact) mass is 234 g/mol. The van der Waals surface area contributed by atoms with Gasteiger partial charge in [0, 0.05) is 16.8 Å². The fourth-order valence-corrected chi connectivity index (χ4v) is 3.35. The van der Waals surface area contributed by atoms with Crippen molar-refractivity contribution in [3.63, 3.8) is 0 Å². The van der Waals surface area contributed by atoms with Gasteiger partial charge in [-0.3, -0.25) is 0 Å². The van der Waals surface area contributed by atoms with Gasteiger partial charge in [-0.25, -0.2) is 4.99 Å². The first-order valence-corrected chi connectivity index (χ1v) is 6.53. The molecule has 0 radical (unpaired) electrons. The number of allylic oxidation sites excluding steroid dienone is 1. The van der Waals surface area contributed by atoms with Crippen LogP contribution in [0.25, 0.3) is 0 Å². The van der Waals surface area contributed by atoms with E-state index in [0.717, 1.165) is 10.9 Å². The fraction of sp³-hybridized carbons (Fsp3) is 0.182. The first-order valence-electron chi connectivity index (χ1n) is 4.77. The zero-order valence-corrected chi connectivity index (χ0v) is 9.89. The van der Waals surface area contributed by atoms with Gasteiger partial charge in [0.05, 0.1) is 6.04 Å². The van der Waals surface area contributed by atoms with Crippen molar-refractivity contribution >= 4 is 28.3 Å². The number of hydrogen-bond donors (Lipinski definition) is 0. The SMILES string of the molecule is CC1=CC(c2cccs2)N2C=CSC2=N1. The molecular formula is C11H10N2S2. The van der Waals surface area contributed by atoms with Gasteiger partial charge in [0.2, 0.25) is 0 Å². The molecular weight excluding hydrogens is 224 g/mol. The Hall–Kier alpha value is -1.00. The Balaban J connectivity index is 2.02. The summed E-state index contributed by atoms with van der Waals surface area (Å²) in [6, 6.07) is 4.61. The minimum Gasteiger partial charge on any atom is -0.315 e. The molecule has 1 atom stereocenters. The third kappa shape index (κ3) is 1.54. The van der Waals surface area contributed by atoms with E-state index in [1.807, 2.05) is 0 Å². The van der Waals surface area contributed by atoms with Crippen molar-refractivity contribution in [3.05, 3.63) is 45.8 Å². The van der Waals surface area contributed by atoms with E-state index < -0.39 is 0 Å². The first-order chi connectivity index (χ1) is 7.34. The summed E-state index contributed by atoms with van der Waals surface area (Å²) in [6.07, 6.45) is 4.32. The number of amidine groups is 1. The second-order valence-electron chi connectivity index (χ2n) is 3.47. The molecule has 2 aliphatic heterocycles. The van der Waals surface area contributed by atoms with Crippen molar-refractivity contribution in [2.75, 3.05) is 0 Å². The van der Waals surface area contributed by atoms with Crippen LogP contribution in [0.2, 0.25) is 0 Å². The standard InChI is InChI=1S/C11H10N2S2/c1-8-7-9(10-3-2-5-14-10)13-4-6-15-11(13)12-8/h2-7,9H,1H3. The topological polar surface area (TPSA) is 15.6 Å². The molecule has 0 bridgehead atoms. The highest BCUT2D eigenvalue weighted by atomic mass is 32.2. The zero-order valence-electron chi connectivity index (χ0n) is 8.25. The zero-order chi connectivity index (χ0) is 10.3. The van der Waals surface area contributed by atoms with E-state index in [1.54, 1.807) is 23.1 Å². The molecule has 2 aliphatic rings. The van der Waals surface area contributed by atoms with E-state index >= 15 is 0 Å². The third-order valence-electron chi connectivity index (χ3n) is 2.42. The molecule has 0 aliphatic carbocycles. The maximum atomic E-state index is 4.51. The highest BCUT2D eigenvalue weighted by Gasteiger charge is 2.27. The number of rotatable bonds is 1. The van der Waals surface area contributed by atoms with E-state index in [-0.39, 0.29) is 0 Å². The van der Waals surface area contributed by atoms with Crippen LogP contribution in [0.1, 0.15) is 17.8 Å². The van der Waals surface area contributed by atoms with Crippen LogP contribution in [0.15, 0.2) is 45.9 Å². The molecule has 0 N–H and O–H groups in total. The third-order valence-corrected chi connectivity index (χ3v) is 4.13. The molecule has 76 valence electrons. The number of aliphatic imine (C=N–C) groups is 1. The van der Waals surface area contributed by atoms with Crippen LogP contribution in [0.4, 0.5) is 0 Å². The summed E-state index contributed by atoms with van der Waals surface area (Å²) >= 11 is 3.49. The Bertz CT molecular complexity index is 457. The van der Waals surface area contributed by atoms with Gasteiger partial charge in [-0.05, 0) is 29.9 Å². The molecule has 1 aromatic heterocycles. The summed E-state index contributed by atoms with van der Waals surface area (Å²) in [4.78, 5) is 8.11. The normalized spacial score (nSPS) is 23.8. The summed E-state index contributed by atoms with van der Waals surface area (Å²) in [5.41, 5.74) is 1.11. The summed E-state index contributed by atoms with van der Waals surface area (Å²) in [5, 5.41) is 5.30. The van der Waals surface area contributed by atoms with Gasteiger partial charge in [0.15, 0.2) is 5.17 Å². The van der Waals surface area contributed by atoms with Crippen molar-refractivity contribution in [2.24, 2.45) is 4.99 Å². The predicted octanol–water partition coefficient (Wildman–Crippen LogP) is 3.58. The van der Waals surface area contributed by atoms with Crippen LogP contribution < -0.4 is 0 Å². The molecule has 0 amide bonds. The van der Waals surface area contributed by atoms with Gasteiger partial charge in [0.25, 0.3) is 0 Å². The second-order valence-corrected chi connectivity index (χ2v) is 5.33. The van der Waals surface area contributed by atoms with Crippen LogP contribution in [-0.2, 0) is 0 Å². The van der Waals surface area contributed by atoms with Gasteiger partial charge in [-0.2, -0.15) is 0 Å². The van der Waals surface area contributed by atoms with Gasteiger partial charge in [0.1, 0.15) is 0 Å². The smallest absolute Gasteiger partial charge is 0.173 e. The molecule has 1 unspecified atom stereocenters. The average Bonchev–Trinajstić information content (AvgIpc) is 2.86. The lowest BCUT2D eigenvalue weighted by molar-refractivity contribution is 0.492. The lowest BCUT2D eigenvalue weighted by Crippen LogP contribution is -2.26. The van der Waals surface area contributed by atoms with Crippen molar-refractivity contribution in [1.82, 2.24) is 4.90 Å². The summed E-state index contributed by atoms with van der Waals surface area (Å²) in [5.74, 6) is 0. The van der Waals surface area contributed by atoms with Crippen molar-refractivity contribution in [2.45, 2.75) is 13.0 Å². The van der Waals surface area contributed by atoms with Crippen molar-refractivity contribution in [3.8, 4) is 0 Å². The second kappa shape index (κ2) is 3.54. The highest BCUT2D eigenvalue weighted by molar-refractivity contribution is 8.16. The molecule has 0 saturated carbocycles. The number of hydrogen-bond acceptors (Lipinski definition) is 4. The van der Waals surface area contributed by atoms with Gasteiger partial charge < -0.3 is 4.90 Å². The van der Waals surface area contributed by atoms with Gasteiger partial charge >= 0.3 is 0 Å². The van der Waals surface area contributed by atoms with E-state index in [4.69, 9.17) is 0 Å². The van der Waals surface area contributed by atoms with Crippen LogP contribution in [-0.4, -0.2) is 10.1 Å². The quantitative estimate of drug-likeness (QED) is 0.738. The van der Waals surface area contributed by atoms with Gasteiger partial charge in [-0.1, -0.05) is 17.8 Å². The Kier molecular flexibility index (Phi) is 2.18. The van der Waals surface area contributed by atoms with E-state index in [1.165, 1.54) is 4.88 Å². The fourth-order valence-electron chi connectivity index (χ4n) is 1.75. The number of nitrogens with zero attached hydrogens (tertiary/aromatic N) is 2. The molecule has 2 nitrogen and oxygen atoms in total. The van der Waals surface area contributed by atoms with E-state index in [2.05, 4.69) is 52.0 Å². The highest BCUT2D eigenvalue weighted by Crippen LogP contribution is 2.37. The Labute approximate surface area is 97.0 Å². The van der Waals surface area contributed by atoms with Gasteiger partial charge in [-0.15, -0.1) is 11.3 Å². The number of thioether (sulfide) groups is 1. The largest absolute Gasteiger partial charge is 0.315 e. The first kappa shape index (κ1) is 9.24. The van der Waals surface area contributed by atoms with E-state index in [0.29, 0.717) is 6.04 Å². The van der Waals surface area contributed by atoms with Crippen LogP contribution >= 0.6 is 23.1 Å². The Morgan fingerprint density at radius 3 is 3.20 bits per heavy atom. The predicted molar refractivity (Wildman–Crippen MR) is 66.8 cm³/mol. The Morgan fingerprint density at radius 2 is 2.40 bits per heavy atom. The molecule has 0 spiro atoms. The summed E-state index contributed by atoms with van der Waals surface area (Å²) in [6.45, 7) is 2.06. The van der Waals surface area contributed by atoms with Crippen molar-refractivity contribution in [1.29, 1.82) is 0 Å². The molecule has 0 aromatic carbocycles. The lowest BCUT2D eigenvalue weighted by atomic mass is 10.1. The minimum absolute atomic E-state index is 0.337.